The number of anilines is 1. The largest absolute Gasteiger partial charge is 0.377 e. The smallest absolute Gasteiger partial charge is 0.0729 e. The number of hydrogen-bond acceptors (Lipinski definition) is 3. The maximum atomic E-state index is 4.39. The van der Waals surface area contributed by atoms with Gasteiger partial charge in [0.15, 0.2) is 0 Å². The first-order valence-electron chi connectivity index (χ1n) is 6.92. The summed E-state index contributed by atoms with van der Waals surface area (Å²) in [4.78, 5) is 0. The summed E-state index contributed by atoms with van der Waals surface area (Å²) in [6, 6.07) is 2.89. The van der Waals surface area contributed by atoms with Crippen LogP contribution in [0.25, 0.3) is 0 Å². The lowest BCUT2D eigenvalue weighted by atomic mass is 10.2. The summed E-state index contributed by atoms with van der Waals surface area (Å²) in [5.41, 5.74) is 2.25. The molecule has 2 rings (SSSR count). The minimum atomic E-state index is 0.390. The predicted octanol–water partition coefficient (Wildman–Crippen LogP) is 3.24. The third kappa shape index (κ3) is 3.16. The second kappa shape index (κ2) is 5.91. The van der Waals surface area contributed by atoms with Gasteiger partial charge in [0.25, 0.3) is 0 Å². The summed E-state index contributed by atoms with van der Waals surface area (Å²) < 4.78 is 4.04. The molecule has 0 aromatic carbocycles. The lowest BCUT2D eigenvalue weighted by molar-refractivity contribution is 0.462. The molecule has 1 N–H and O–H groups in total. The standard InChI is InChI=1S/C14H23N5/c1-5-12(4)19-14(6-7-16-19)9-15-13-8-17-18(10-13)11(2)3/h6-8,10-12,15H,5,9H2,1-4H3/t12-/m1/s1. The van der Waals surface area contributed by atoms with Gasteiger partial charge in [-0.25, -0.2) is 0 Å². The molecule has 2 aromatic rings. The van der Waals surface area contributed by atoms with E-state index in [1.165, 1.54) is 5.69 Å². The Balaban J connectivity index is 2.00. The molecule has 0 saturated carbocycles. The van der Waals surface area contributed by atoms with Crippen LogP contribution in [0.15, 0.2) is 24.7 Å². The molecule has 0 bridgehead atoms. The number of nitrogens with one attached hydrogen (secondary N) is 1. The Morgan fingerprint density at radius 1 is 1.26 bits per heavy atom. The average molecular weight is 261 g/mol. The van der Waals surface area contributed by atoms with Crippen LogP contribution in [0.5, 0.6) is 0 Å². The Hall–Kier alpha value is -1.78. The first-order valence-corrected chi connectivity index (χ1v) is 6.92. The fraction of sp³-hybridized carbons (Fsp3) is 0.571. The Bertz CT molecular complexity index is 511. The van der Waals surface area contributed by atoms with Crippen LogP contribution in [-0.2, 0) is 6.54 Å². The molecule has 19 heavy (non-hydrogen) atoms. The molecule has 2 aromatic heterocycles. The van der Waals surface area contributed by atoms with Crippen molar-refractivity contribution in [3.63, 3.8) is 0 Å². The van der Waals surface area contributed by atoms with Crippen LogP contribution in [0, 0.1) is 0 Å². The van der Waals surface area contributed by atoms with Crippen molar-refractivity contribution in [3.05, 3.63) is 30.4 Å². The molecule has 2 heterocycles. The summed E-state index contributed by atoms with van der Waals surface area (Å²) in [5.74, 6) is 0. The van der Waals surface area contributed by atoms with E-state index in [1.54, 1.807) is 0 Å². The number of aromatic nitrogens is 4. The van der Waals surface area contributed by atoms with Gasteiger partial charge < -0.3 is 5.32 Å². The highest BCUT2D eigenvalue weighted by Crippen LogP contribution is 2.15. The van der Waals surface area contributed by atoms with Gasteiger partial charge in [-0.3, -0.25) is 9.36 Å². The van der Waals surface area contributed by atoms with Crippen molar-refractivity contribution in [3.8, 4) is 0 Å². The maximum absolute atomic E-state index is 4.39. The van der Waals surface area contributed by atoms with Gasteiger partial charge in [0, 0.05) is 24.5 Å². The third-order valence-corrected chi connectivity index (χ3v) is 3.36. The van der Waals surface area contributed by atoms with E-state index in [9.17, 15) is 0 Å². The van der Waals surface area contributed by atoms with Crippen LogP contribution in [0.3, 0.4) is 0 Å². The highest BCUT2D eigenvalue weighted by Gasteiger charge is 2.08. The van der Waals surface area contributed by atoms with E-state index in [4.69, 9.17) is 0 Å². The van der Waals surface area contributed by atoms with Gasteiger partial charge in [-0.1, -0.05) is 6.92 Å². The molecule has 0 fully saturated rings. The van der Waals surface area contributed by atoms with Gasteiger partial charge in [-0.05, 0) is 33.3 Å². The van der Waals surface area contributed by atoms with Gasteiger partial charge in [-0.2, -0.15) is 10.2 Å². The van der Waals surface area contributed by atoms with Gasteiger partial charge in [0.2, 0.25) is 0 Å². The van der Waals surface area contributed by atoms with E-state index in [-0.39, 0.29) is 0 Å². The van der Waals surface area contributed by atoms with E-state index in [1.807, 2.05) is 23.3 Å². The average Bonchev–Trinajstić information content (AvgIpc) is 3.04. The zero-order valence-electron chi connectivity index (χ0n) is 12.2. The van der Waals surface area contributed by atoms with Gasteiger partial charge in [0.05, 0.1) is 24.1 Å². The van der Waals surface area contributed by atoms with Crippen LogP contribution in [-0.4, -0.2) is 19.6 Å². The zero-order valence-corrected chi connectivity index (χ0v) is 12.2. The van der Waals surface area contributed by atoms with Crippen molar-refractivity contribution in [1.82, 2.24) is 19.6 Å². The highest BCUT2D eigenvalue weighted by molar-refractivity contribution is 5.38. The van der Waals surface area contributed by atoms with Crippen LogP contribution in [0.4, 0.5) is 5.69 Å². The molecule has 0 aliphatic carbocycles. The van der Waals surface area contributed by atoms with Crippen LogP contribution >= 0.6 is 0 Å². The fourth-order valence-electron chi connectivity index (χ4n) is 1.96. The molecule has 0 unspecified atom stereocenters. The fourth-order valence-corrected chi connectivity index (χ4v) is 1.96. The van der Waals surface area contributed by atoms with E-state index in [0.717, 1.165) is 18.7 Å². The van der Waals surface area contributed by atoms with Crippen molar-refractivity contribution in [2.45, 2.75) is 52.7 Å². The Kier molecular flexibility index (Phi) is 4.24. The molecule has 0 saturated heterocycles. The number of hydrogen-bond donors (Lipinski definition) is 1. The quantitative estimate of drug-likeness (QED) is 0.868. The first-order chi connectivity index (χ1) is 9.11. The SMILES string of the molecule is CC[C@@H](C)n1nccc1CNc1cnn(C(C)C)c1. The molecule has 0 spiro atoms. The lowest BCUT2D eigenvalue weighted by Gasteiger charge is -2.14. The molecule has 104 valence electrons. The summed E-state index contributed by atoms with van der Waals surface area (Å²) in [6.07, 6.45) is 6.85. The van der Waals surface area contributed by atoms with Gasteiger partial charge in [0.1, 0.15) is 0 Å². The zero-order chi connectivity index (χ0) is 13.8. The van der Waals surface area contributed by atoms with Crippen molar-refractivity contribution in [1.29, 1.82) is 0 Å². The first kappa shape index (κ1) is 13.6. The molecule has 1 atom stereocenters. The summed E-state index contributed by atoms with van der Waals surface area (Å²) in [7, 11) is 0. The van der Waals surface area contributed by atoms with Crippen LogP contribution in [0.2, 0.25) is 0 Å². The van der Waals surface area contributed by atoms with Crippen molar-refractivity contribution in [2.75, 3.05) is 5.32 Å². The predicted molar refractivity (Wildman–Crippen MR) is 77.2 cm³/mol. The van der Waals surface area contributed by atoms with Crippen molar-refractivity contribution < 1.29 is 0 Å². The Morgan fingerprint density at radius 2 is 2.05 bits per heavy atom. The van der Waals surface area contributed by atoms with E-state index >= 15 is 0 Å². The summed E-state index contributed by atoms with van der Waals surface area (Å²) >= 11 is 0. The van der Waals surface area contributed by atoms with E-state index in [2.05, 4.69) is 54.0 Å². The lowest BCUT2D eigenvalue weighted by Crippen LogP contribution is -2.12. The third-order valence-electron chi connectivity index (χ3n) is 3.36. The van der Waals surface area contributed by atoms with Crippen molar-refractivity contribution in [2.24, 2.45) is 0 Å². The maximum Gasteiger partial charge on any atom is 0.0729 e. The summed E-state index contributed by atoms with van der Waals surface area (Å²) in [5, 5.41) is 12.1. The van der Waals surface area contributed by atoms with Gasteiger partial charge in [-0.15, -0.1) is 0 Å². The van der Waals surface area contributed by atoms with E-state index < -0.39 is 0 Å². The van der Waals surface area contributed by atoms with Crippen molar-refractivity contribution >= 4 is 5.69 Å². The normalized spacial score (nSPS) is 12.9. The minimum absolute atomic E-state index is 0.390. The van der Waals surface area contributed by atoms with Crippen LogP contribution in [0.1, 0.15) is 51.9 Å². The number of rotatable bonds is 6. The second-order valence-electron chi connectivity index (χ2n) is 5.18. The van der Waals surface area contributed by atoms with Crippen LogP contribution < -0.4 is 5.32 Å². The van der Waals surface area contributed by atoms with Gasteiger partial charge >= 0.3 is 0 Å². The molecular formula is C14H23N5. The molecule has 0 aliphatic rings. The Morgan fingerprint density at radius 3 is 2.68 bits per heavy atom. The summed E-state index contributed by atoms with van der Waals surface area (Å²) in [6.45, 7) is 9.38. The molecule has 5 nitrogen and oxygen atoms in total. The molecule has 5 heteroatoms. The monoisotopic (exact) mass is 261 g/mol. The molecule has 0 aliphatic heterocycles. The second-order valence-corrected chi connectivity index (χ2v) is 5.18. The Labute approximate surface area is 114 Å². The molecule has 0 amide bonds. The minimum Gasteiger partial charge on any atom is -0.377 e. The molecular weight excluding hydrogens is 238 g/mol. The molecule has 0 radical (unpaired) electrons. The van der Waals surface area contributed by atoms with E-state index in [0.29, 0.717) is 12.1 Å². The topological polar surface area (TPSA) is 47.7 Å². The highest BCUT2D eigenvalue weighted by atomic mass is 15.3. The number of nitrogens with zero attached hydrogens (tertiary/aromatic N) is 4.